The maximum atomic E-state index is 5.80. The average molecular weight is 239 g/mol. The van der Waals surface area contributed by atoms with E-state index < -0.39 is 0 Å². The van der Waals surface area contributed by atoms with Gasteiger partial charge in [0.1, 0.15) is 0 Å². The molecule has 3 heterocycles. The van der Waals surface area contributed by atoms with Gasteiger partial charge in [0.2, 0.25) is 5.82 Å². The SMILES string of the molecule is Nc1cccnc1-c1nc(-c2cccnc2)no1. The van der Waals surface area contributed by atoms with Gasteiger partial charge in [0.15, 0.2) is 5.69 Å². The highest BCUT2D eigenvalue weighted by molar-refractivity contribution is 5.66. The van der Waals surface area contributed by atoms with Gasteiger partial charge in [-0.05, 0) is 24.3 Å². The van der Waals surface area contributed by atoms with E-state index in [1.54, 1.807) is 36.8 Å². The summed E-state index contributed by atoms with van der Waals surface area (Å²) in [5.41, 5.74) is 7.56. The van der Waals surface area contributed by atoms with Crippen molar-refractivity contribution in [3.63, 3.8) is 0 Å². The maximum Gasteiger partial charge on any atom is 0.278 e. The zero-order chi connectivity index (χ0) is 12.4. The number of aromatic nitrogens is 4. The zero-order valence-electron chi connectivity index (χ0n) is 9.32. The van der Waals surface area contributed by atoms with Crippen molar-refractivity contribution in [1.29, 1.82) is 0 Å². The van der Waals surface area contributed by atoms with Crippen LogP contribution in [0.1, 0.15) is 0 Å². The molecule has 18 heavy (non-hydrogen) atoms. The second-order valence-electron chi connectivity index (χ2n) is 3.61. The van der Waals surface area contributed by atoms with E-state index in [9.17, 15) is 0 Å². The first-order valence-corrected chi connectivity index (χ1v) is 5.29. The first-order chi connectivity index (χ1) is 8.84. The Morgan fingerprint density at radius 2 is 2.00 bits per heavy atom. The average Bonchev–Trinajstić information content (AvgIpc) is 2.90. The minimum Gasteiger partial charge on any atom is -0.397 e. The molecule has 0 aliphatic heterocycles. The molecule has 0 saturated heterocycles. The van der Waals surface area contributed by atoms with E-state index in [2.05, 4.69) is 20.1 Å². The Balaban J connectivity index is 2.03. The predicted molar refractivity (Wildman–Crippen MR) is 65.2 cm³/mol. The van der Waals surface area contributed by atoms with Crippen molar-refractivity contribution in [3.8, 4) is 23.0 Å². The standard InChI is InChI=1S/C12H9N5O/c13-9-4-2-6-15-10(9)12-16-11(17-18-12)8-3-1-5-14-7-8/h1-7H,13H2. The summed E-state index contributed by atoms with van der Waals surface area (Å²) in [6, 6.07) is 7.14. The first kappa shape index (κ1) is 10.4. The van der Waals surface area contributed by atoms with Gasteiger partial charge >= 0.3 is 0 Å². The lowest BCUT2D eigenvalue weighted by Gasteiger charge is -1.96. The molecule has 6 heteroatoms. The number of nitrogen functional groups attached to an aromatic ring is 1. The van der Waals surface area contributed by atoms with Crippen LogP contribution in [-0.4, -0.2) is 20.1 Å². The van der Waals surface area contributed by atoms with Crippen LogP contribution in [0, 0.1) is 0 Å². The van der Waals surface area contributed by atoms with Crippen LogP contribution in [0.15, 0.2) is 47.4 Å². The Bertz CT molecular complexity index is 665. The Kier molecular flexibility index (Phi) is 2.45. The van der Waals surface area contributed by atoms with E-state index in [0.29, 0.717) is 23.1 Å². The van der Waals surface area contributed by atoms with Crippen LogP contribution in [0.4, 0.5) is 5.69 Å². The smallest absolute Gasteiger partial charge is 0.278 e. The molecule has 6 nitrogen and oxygen atoms in total. The largest absolute Gasteiger partial charge is 0.397 e. The molecule has 0 aromatic carbocycles. The normalized spacial score (nSPS) is 10.4. The van der Waals surface area contributed by atoms with Crippen LogP contribution in [-0.2, 0) is 0 Å². The lowest BCUT2D eigenvalue weighted by Crippen LogP contribution is -1.92. The molecule has 2 N–H and O–H groups in total. The third-order valence-corrected chi connectivity index (χ3v) is 2.39. The van der Waals surface area contributed by atoms with E-state index in [0.717, 1.165) is 5.56 Å². The van der Waals surface area contributed by atoms with Gasteiger partial charge in [-0.25, -0.2) is 4.98 Å². The zero-order valence-corrected chi connectivity index (χ0v) is 9.32. The van der Waals surface area contributed by atoms with Crippen molar-refractivity contribution in [2.75, 3.05) is 5.73 Å². The van der Waals surface area contributed by atoms with Gasteiger partial charge in [0.05, 0.1) is 5.69 Å². The molecule has 0 aliphatic rings. The Hall–Kier alpha value is -2.76. The Labute approximate surface area is 103 Å². The van der Waals surface area contributed by atoms with Crippen molar-refractivity contribution < 1.29 is 4.52 Å². The van der Waals surface area contributed by atoms with E-state index in [1.807, 2.05) is 6.07 Å². The Morgan fingerprint density at radius 1 is 1.11 bits per heavy atom. The van der Waals surface area contributed by atoms with Gasteiger partial charge in [-0.15, -0.1) is 0 Å². The van der Waals surface area contributed by atoms with Gasteiger partial charge in [-0.2, -0.15) is 4.98 Å². The quantitative estimate of drug-likeness (QED) is 0.732. The molecule has 3 aromatic rings. The maximum absolute atomic E-state index is 5.80. The summed E-state index contributed by atoms with van der Waals surface area (Å²) >= 11 is 0. The van der Waals surface area contributed by atoms with E-state index in [4.69, 9.17) is 10.3 Å². The van der Waals surface area contributed by atoms with E-state index in [-0.39, 0.29) is 0 Å². The van der Waals surface area contributed by atoms with Crippen LogP contribution < -0.4 is 5.73 Å². The van der Waals surface area contributed by atoms with Crippen molar-refractivity contribution in [2.45, 2.75) is 0 Å². The second kappa shape index (κ2) is 4.25. The Morgan fingerprint density at radius 3 is 2.78 bits per heavy atom. The van der Waals surface area contributed by atoms with Gasteiger partial charge in [-0.3, -0.25) is 4.98 Å². The molecular weight excluding hydrogens is 230 g/mol. The summed E-state index contributed by atoms with van der Waals surface area (Å²) in [5.74, 6) is 0.759. The summed E-state index contributed by atoms with van der Waals surface area (Å²) < 4.78 is 5.15. The third kappa shape index (κ3) is 1.80. The molecule has 0 fully saturated rings. The number of anilines is 1. The molecular formula is C12H9N5O. The van der Waals surface area contributed by atoms with Crippen molar-refractivity contribution in [2.24, 2.45) is 0 Å². The summed E-state index contributed by atoms with van der Waals surface area (Å²) in [7, 11) is 0. The highest BCUT2D eigenvalue weighted by Crippen LogP contribution is 2.23. The molecule has 3 rings (SSSR count). The summed E-state index contributed by atoms with van der Waals surface area (Å²) in [5, 5.41) is 3.88. The number of nitrogens with two attached hydrogens (primary N) is 1. The fourth-order valence-corrected chi connectivity index (χ4v) is 1.53. The number of nitrogens with zero attached hydrogens (tertiary/aromatic N) is 4. The third-order valence-electron chi connectivity index (χ3n) is 2.39. The molecule has 0 saturated carbocycles. The van der Waals surface area contributed by atoms with Crippen LogP contribution in [0.25, 0.3) is 23.0 Å². The van der Waals surface area contributed by atoms with E-state index >= 15 is 0 Å². The molecule has 0 atom stereocenters. The minimum atomic E-state index is 0.298. The van der Waals surface area contributed by atoms with Crippen LogP contribution in [0.5, 0.6) is 0 Å². The van der Waals surface area contributed by atoms with E-state index in [1.165, 1.54) is 0 Å². The lowest BCUT2D eigenvalue weighted by molar-refractivity contribution is 0.431. The molecule has 0 bridgehead atoms. The monoisotopic (exact) mass is 239 g/mol. The molecule has 0 amide bonds. The first-order valence-electron chi connectivity index (χ1n) is 5.29. The molecule has 0 aliphatic carbocycles. The predicted octanol–water partition coefficient (Wildman–Crippen LogP) is 1.78. The van der Waals surface area contributed by atoms with Crippen molar-refractivity contribution in [1.82, 2.24) is 20.1 Å². The topological polar surface area (TPSA) is 90.7 Å². The molecule has 0 spiro atoms. The number of hydrogen-bond acceptors (Lipinski definition) is 6. The number of rotatable bonds is 2. The van der Waals surface area contributed by atoms with Gasteiger partial charge in [0.25, 0.3) is 5.89 Å². The minimum absolute atomic E-state index is 0.298. The molecule has 3 aromatic heterocycles. The highest BCUT2D eigenvalue weighted by Gasteiger charge is 2.13. The summed E-state index contributed by atoms with van der Waals surface area (Å²) in [6.45, 7) is 0. The van der Waals surface area contributed by atoms with Crippen LogP contribution in [0.3, 0.4) is 0 Å². The van der Waals surface area contributed by atoms with Gasteiger partial charge in [-0.1, -0.05) is 5.16 Å². The lowest BCUT2D eigenvalue weighted by atomic mass is 10.2. The molecule has 0 unspecified atom stereocenters. The number of hydrogen-bond donors (Lipinski definition) is 1. The number of pyridine rings is 2. The molecule has 88 valence electrons. The van der Waals surface area contributed by atoms with Crippen molar-refractivity contribution in [3.05, 3.63) is 42.9 Å². The van der Waals surface area contributed by atoms with Gasteiger partial charge < -0.3 is 10.3 Å². The van der Waals surface area contributed by atoms with Crippen LogP contribution in [0.2, 0.25) is 0 Å². The fourth-order valence-electron chi connectivity index (χ4n) is 1.53. The fraction of sp³-hybridized carbons (Fsp3) is 0. The summed E-state index contributed by atoms with van der Waals surface area (Å²) in [4.78, 5) is 12.4. The van der Waals surface area contributed by atoms with Gasteiger partial charge in [0, 0.05) is 24.2 Å². The summed E-state index contributed by atoms with van der Waals surface area (Å²) in [6.07, 6.45) is 4.97. The van der Waals surface area contributed by atoms with Crippen LogP contribution >= 0.6 is 0 Å². The second-order valence-corrected chi connectivity index (χ2v) is 3.61. The van der Waals surface area contributed by atoms with Crippen molar-refractivity contribution >= 4 is 5.69 Å². The molecule has 0 radical (unpaired) electrons. The highest BCUT2D eigenvalue weighted by atomic mass is 16.5.